The number of rotatable bonds is 5. The monoisotopic (exact) mass is 359 g/mol. The Hall–Kier alpha value is -2.48. The van der Waals surface area contributed by atoms with Crippen LogP contribution in [-0.2, 0) is 0 Å². The largest absolute Gasteiger partial charge is 0.376 e. The second-order valence-corrected chi connectivity index (χ2v) is 7.47. The van der Waals surface area contributed by atoms with Crippen LogP contribution in [-0.4, -0.2) is 45.4 Å². The molecule has 2 atom stereocenters. The molecule has 0 aromatic carbocycles. The van der Waals surface area contributed by atoms with Crippen LogP contribution < -0.4 is 10.9 Å². The number of nitro groups is 1. The molecule has 1 fully saturated rings. The summed E-state index contributed by atoms with van der Waals surface area (Å²) in [6.45, 7) is 2.75. The summed E-state index contributed by atoms with van der Waals surface area (Å²) in [5.74, 6) is 0.642. The summed E-state index contributed by atoms with van der Waals surface area (Å²) in [4.78, 5) is 29.9. The number of likely N-dealkylation sites (N-methyl/N-ethyl adjacent to an activating group) is 1. The molecule has 1 aliphatic rings. The maximum atomic E-state index is 12.5. The Morgan fingerprint density at radius 2 is 2.23 bits per heavy atom. The molecule has 0 saturated heterocycles. The minimum atomic E-state index is -0.668. The smallest absolute Gasteiger partial charge is 0.362 e. The van der Waals surface area contributed by atoms with Crippen molar-refractivity contribution < 1.29 is 4.92 Å². The highest BCUT2D eigenvalue weighted by Gasteiger charge is 2.37. The molecule has 1 aliphatic carbocycles. The van der Waals surface area contributed by atoms with E-state index in [4.69, 9.17) is 0 Å². The SMILES string of the molecule is CC1CCCC(CNc2nc3ccccn3c(=O)c2[N+](=O)[O-])(N(C)C)C1. The van der Waals surface area contributed by atoms with Crippen molar-refractivity contribution in [2.45, 2.75) is 38.1 Å². The third-order valence-corrected chi connectivity index (χ3v) is 5.49. The predicted molar refractivity (Wildman–Crippen MR) is 101 cm³/mol. The Labute approximate surface area is 152 Å². The van der Waals surface area contributed by atoms with Crippen molar-refractivity contribution in [1.82, 2.24) is 14.3 Å². The van der Waals surface area contributed by atoms with Gasteiger partial charge in [-0.25, -0.2) is 4.98 Å². The van der Waals surface area contributed by atoms with E-state index in [0.717, 1.165) is 19.3 Å². The van der Waals surface area contributed by atoms with Crippen molar-refractivity contribution >= 4 is 17.2 Å². The molecule has 0 spiro atoms. The molecule has 2 aromatic rings. The van der Waals surface area contributed by atoms with Crippen LogP contribution in [0, 0.1) is 16.0 Å². The molecule has 0 amide bonds. The summed E-state index contributed by atoms with van der Waals surface area (Å²) < 4.78 is 1.20. The van der Waals surface area contributed by atoms with Crippen molar-refractivity contribution in [3.8, 4) is 0 Å². The molecule has 8 heteroatoms. The lowest BCUT2D eigenvalue weighted by atomic mass is 9.75. The molecular weight excluding hydrogens is 334 g/mol. The van der Waals surface area contributed by atoms with Gasteiger partial charge in [-0.2, -0.15) is 0 Å². The highest BCUT2D eigenvalue weighted by molar-refractivity contribution is 5.60. The second kappa shape index (κ2) is 7.03. The highest BCUT2D eigenvalue weighted by atomic mass is 16.6. The van der Waals surface area contributed by atoms with Gasteiger partial charge in [0.2, 0.25) is 5.82 Å². The Bertz CT molecular complexity index is 879. The molecule has 26 heavy (non-hydrogen) atoms. The van der Waals surface area contributed by atoms with Gasteiger partial charge < -0.3 is 10.2 Å². The van der Waals surface area contributed by atoms with Crippen molar-refractivity contribution in [2.75, 3.05) is 26.0 Å². The molecule has 1 saturated carbocycles. The number of anilines is 1. The number of pyridine rings is 1. The van der Waals surface area contributed by atoms with Crippen molar-refractivity contribution in [1.29, 1.82) is 0 Å². The fourth-order valence-electron chi connectivity index (χ4n) is 3.97. The number of hydrogen-bond donors (Lipinski definition) is 1. The summed E-state index contributed by atoms with van der Waals surface area (Å²) in [6, 6.07) is 5.07. The lowest BCUT2D eigenvalue weighted by Gasteiger charge is -2.45. The van der Waals surface area contributed by atoms with Gasteiger partial charge in [0.1, 0.15) is 5.65 Å². The first-order valence-electron chi connectivity index (χ1n) is 8.91. The van der Waals surface area contributed by atoms with Gasteiger partial charge >= 0.3 is 11.2 Å². The number of nitrogens with one attached hydrogen (secondary N) is 1. The standard InChI is InChI=1S/C18H25N5O3/c1-13-7-6-9-18(11-13,21(2)3)12-19-16-15(23(25)26)17(24)22-10-5-4-8-14(22)20-16/h4-5,8,10,13,19H,6-7,9,11-12H2,1-3H3. The van der Waals surface area contributed by atoms with Crippen molar-refractivity contribution in [3.63, 3.8) is 0 Å². The van der Waals surface area contributed by atoms with E-state index in [1.807, 2.05) is 14.1 Å². The van der Waals surface area contributed by atoms with E-state index >= 15 is 0 Å². The Kier molecular flexibility index (Phi) is 4.95. The zero-order chi connectivity index (χ0) is 18.9. The van der Waals surface area contributed by atoms with Crippen molar-refractivity contribution in [2.24, 2.45) is 5.92 Å². The Morgan fingerprint density at radius 3 is 2.88 bits per heavy atom. The fraction of sp³-hybridized carbons (Fsp3) is 0.556. The van der Waals surface area contributed by atoms with Gasteiger partial charge in [0.25, 0.3) is 0 Å². The van der Waals surface area contributed by atoms with Crippen LogP contribution in [0.4, 0.5) is 11.5 Å². The van der Waals surface area contributed by atoms with Crippen LogP contribution in [0.5, 0.6) is 0 Å². The van der Waals surface area contributed by atoms with Gasteiger partial charge in [0.05, 0.1) is 4.92 Å². The van der Waals surface area contributed by atoms with Crippen LogP contribution in [0.1, 0.15) is 32.6 Å². The first-order valence-corrected chi connectivity index (χ1v) is 8.91. The number of aromatic nitrogens is 2. The van der Waals surface area contributed by atoms with Gasteiger partial charge in [-0.3, -0.25) is 19.3 Å². The van der Waals surface area contributed by atoms with Gasteiger partial charge in [-0.1, -0.05) is 25.8 Å². The molecule has 0 bridgehead atoms. The lowest BCUT2D eigenvalue weighted by molar-refractivity contribution is -0.385. The molecule has 8 nitrogen and oxygen atoms in total. The fourth-order valence-corrected chi connectivity index (χ4v) is 3.97. The van der Waals surface area contributed by atoms with Crippen LogP contribution in [0.2, 0.25) is 0 Å². The van der Waals surface area contributed by atoms with E-state index in [2.05, 4.69) is 22.1 Å². The lowest BCUT2D eigenvalue weighted by Crippen LogP contribution is -2.52. The maximum Gasteiger partial charge on any atom is 0.376 e. The summed E-state index contributed by atoms with van der Waals surface area (Å²) in [5.41, 5.74) is -0.887. The summed E-state index contributed by atoms with van der Waals surface area (Å²) in [6.07, 6.45) is 5.83. The number of fused-ring (bicyclic) bond motifs is 1. The van der Waals surface area contributed by atoms with Crippen LogP contribution in [0.25, 0.3) is 5.65 Å². The second-order valence-electron chi connectivity index (χ2n) is 7.47. The molecule has 2 aromatic heterocycles. The minimum absolute atomic E-state index is 0.0469. The van der Waals surface area contributed by atoms with Gasteiger partial charge in [-0.15, -0.1) is 0 Å². The zero-order valence-corrected chi connectivity index (χ0v) is 15.4. The molecule has 2 heterocycles. The van der Waals surface area contributed by atoms with Crippen molar-refractivity contribution in [3.05, 3.63) is 44.9 Å². The topological polar surface area (TPSA) is 92.8 Å². The van der Waals surface area contributed by atoms with Gasteiger partial charge in [0, 0.05) is 18.3 Å². The van der Waals surface area contributed by atoms with E-state index in [1.54, 1.807) is 18.2 Å². The van der Waals surface area contributed by atoms with Crippen LogP contribution >= 0.6 is 0 Å². The third-order valence-electron chi connectivity index (χ3n) is 5.49. The number of nitrogens with zero attached hydrogens (tertiary/aromatic N) is 4. The van der Waals surface area contributed by atoms with E-state index in [9.17, 15) is 14.9 Å². The van der Waals surface area contributed by atoms with Crippen LogP contribution in [0.15, 0.2) is 29.2 Å². The Balaban J connectivity index is 1.98. The third kappa shape index (κ3) is 3.29. The van der Waals surface area contributed by atoms with Crippen LogP contribution in [0.3, 0.4) is 0 Å². The maximum absolute atomic E-state index is 12.5. The minimum Gasteiger partial charge on any atom is -0.362 e. The average molecular weight is 359 g/mol. The first kappa shape index (κ1) is 18.3. The average Bonchev–Trinajstić information content (AvgIpc) is 2.59. The molecule has 2 unspecified atom stereocenters. The van der Waals surface area contributed by atoms with E-state index in [1.165, 1.54) is 17.0 Å². The summed E-state index contributed by atoms with van der Waals surface area (Å²) in [5, 5.41) is 14.6. The van der Waals surface area contributed by atoms with E-state index in [0.29, 0.717) is 18.1 Å². The molecule has 140 valence electrons. The Morgan fingerprint density at radius 1 is 1.46 bits per heavy atom. The number of hydrogen-bond acceptors (Lipinski definition) is 6. The van der Waals surface area contributed by atoms with Gasteiger partial charge in [-0.05, 0) is 45.0 Å². The van der Waals surface area contributed by atoms with E-state index < -0.39 is 16.2 Å². The summed E-state index contributed by atoms with van der Waals surface area (Å²) >= 11 is 0. The molecule has 0 aliphatic heterocycles. The normalized spacial score (nSPS) is 23.3. The van der Waals surface area contributed by atoms with E-state index in [-0.39, 0.29) is 11.4 Å². The predicted octanol–water partition coefficient (Wildman–Crippen LogP) is 2.53. The molecule has 1 N–H and O–H groups in total. The molecule has 3 rings (SSSR count). The molecular formula is C18H25N5O3. The van der Waals surface area contributed by atoms with Gasteiger partial charge in [0.15, 0.2) is 0 Å². The molecule has 0 radical (unpaired) electrons. The quantitative estimate of drug-likeness (QED) is 0.651. The summed E-state index contributed by atoms with van der Waals surface area (Å²) in [7, 11) is 4.08. The highest BCUT2D eigenvalue weighted by Crippen LogP contribution is 2.36. The zero-order valence-electron chi connectivity index (χ0n) is 15.4. The first-order chi connectivity index (χ1) is 12.3.